The van der Waals surface area contributed by atoms with Crippen molar-refractivity contribution in [1.82, 2.24) is 4.90 Å². The molecule has 0 unspecified atom stereocenters. The van der Waals surface area contributed by atoms with E-state index in [0.29, 0.717) is 12.2 Å². The number of rotatable bonds is 5. The normalized spacial score (nSPS) is 9.59. The summed E-state index contributed by atoms with van der Waals surface area (Å²) < 4.78 is 36.4. The van der Waals surface area contributed by atoms with Gasteiger partial charge in [-0.05, 0) is 27.9 Å². The highest BCUT2D eigenvalue weighted by Crippen LogP contribution is 1.91. The Bertz CT molecular complexity index is 461. The van der Waals surface area contributed by atoms with Crippen molar-refractivity contribution in [1.29, 1.82) is 0 Å². The van der Waals surface area contributed by atoms with E-state index in [4.69, 9.17) is 27.4 Å². The van der Waals surface area contributed by atoms with E-state index in [9.17, 15) is 9.59 Å². The van der Waals surface area contributed by atoms with Crippen LogP contribution in [0.1, 0.15) is 13.8 Å². The van der Waals surface area contributed by atoms with Crippen LogP contribution in [0.4, 0.5) is 0 Å². The second-order valence-electron chi connectivity index (χ2n) is 4.25. The van der Waals surface area contributed by atoms with E-state index in [1.165, 1.54) is 6.92 Å². The summed E-state index contributed by atoms with van der Waals surface area (Å²) in [6.45, 7) is 10.9. The third kappa shape index (κ3) is 36.2. The van der Waals surface area contributed by atoms with Crippen LogP contribution >= 0.6 is 0 Å². The summed E-state index contributed by atoms with van der Waals surface area (Å²) in [5.74, 6) is -1.25. The van der Waals surface area contributed by atoms with E-state index in [1.807, 2.05) is 19.0 Å². The topological polar surface area (TPSA) is 141 Å². The summed E-state index contributed by atoms with van der Waals surface area (Å²) in [5.41, 5.74) is 0.624. The summed E-state index contributed by atoms with van der Waals surface area (Å²) in [6, 6.07) is 0. The van der Waals surface area contributed by atoms with Crippen LogP contribution in [0.5, 0.6) is 0 Å². The van der Waals surface area contributed by atoms with Crippen molar-refractivity contribution in [3.63, 3.8) is 0 Å². The Morgan fingerprint density at radius 1 is 1.09 bits per heavy atom. The Morgan fingerprint density at radius 2 is 1.41 bits per heavy atom. The second kappa shape index (κ2) is 13.0. The molecule has 0 aromatic heterocycles. The number of hydrogen-bond acceptors (Lipinski definition) is 6. The van der Waals surface area contributed by atoms with E-state index < -0.39 is 16.4 Å². The predicted molar refractivity (Wildman–Crippen MR) is 81.0 cm³/mol. The van der Waals surface area contributed by atoms with Crippen molar-refractivity contribution in [2.45, 2.75) is 13.8 Å². The van der Waals surface area contributed by atoms with Crippen LogP contribution in [0.15, 0.2) is 24.3 Å². The van der Waals surface area contributed by atoms with Crippen molar-refractivity contribution in [3.8, 4) is 0 Å². The molecule has 0 aliphatic rings. The molecule has 0 fully saturated rings. The van der Waals surface area contributed by atoms with Crippen molar-refractivity contribution < 1.29 is 37.0 Å². The van der Waals surface area contributed by atoms with Gasteiger partial charge in [-0.2, -0.15) is 8.42 Å². The molecule has 0 heterocycles. The predicted octanol–water partition coefficient (Wildman–Crippen LogP) is 0.662. The lowest BCUT2D eigenvalue weighted by Gasteiger charge is -2.09. The maximum Gasteiger partial charge on any atom is 0.394 e. The molecule has 3 N–H and O–H groups in total. The van der Waals surface area contributed by atoms with Crippen LogP contribution in [-0.4, -0.2) is 66.7 Å². The van der Waals surface area contributed by atoms with Crippen LogP contribution in [0.3, 0.4) is 0 Å². The van der Waals surface area contributed by atoms with Crippen LogP contribution < -0.4 is 0 Å². The molecule has 0 bridgehead atoms. The molecule has 130 valence electrons. The van der Waals surface area contributed by atoms with Gasteiger partial charge < -0.3 is 14.7 Å². The lowest BCUT2D eigenvalue weighted by Crippen LogP contribution is -2.20. The highest BCUT2D eigenvalue weighted by Gasteiger charge is 2.01. The molecule has 0 amide bonds. The van der Waals surface area contributed by atoms with E-state index in [-0.39, 0.29) is 11.5 Å². The number of hydrogen-bond donors (Lipinski definition) is 3. The first-order valence-electron chi connectivity index (χ1n) is 5.74. The monoisotopic (exact) mass is 341 g/mol. The number of likely N-dealkylation sites (N-methyl/N-ethyl adjacent to an activating group) is 1. The first-order chi connectivity index (χ1) is 9.68. The lowest BCUT2D eigenvalue weighted by atomic mass is 10.4. The van der Waals surface area contributed by atoms with Gasteiger partial charge in [-0.25, -0.2) is 9.59 Å². The first-order valence-corrected chi connectivity index (χ1v) is 7.14. The van der Waals surface area contributed by atoms with Gasteiger partial charge in [0.05, 0.1) is 0 Å². The fourth-order valence-corrected chi connectivity index (χ4v) is 0.444. The van der Waals surface area contributed by atoms with Gasteiger partial charge in [-0.1, -0.05) is 13.2 Å². The quantitative estimate of drug-likeness (QED) is 0.373. The molecule has 22 heavy (non-hydrogen) atoms. The molecule has 0 atom stereocenters. The van der Waals surface area contributed by atoms with Crippen LogP contribution in [0.25, 0.3) is 0 Å². The number of nitrogens with zero attached hydrogens (tertiary/aromatic N) is 1. The molecule has 10 heteroatoms. The summed E-state index contributed by atoms with van der Waals surface area (Å²) in [6.07, 6.45) is 0. The van der Waals surface area contributed by atoms with E-state index in [1.54, 1.807) is 6.92 Å². The summed E-state index contributed by atoms with van der Waals surface area (Å²) in [4.78, 5) is 22.3. The molecule has 0 aliphatic heterocycles. The maximum absolute atomic E-state index is 10.8. The molecular weight excluding hydrogens is 318 g/mol. The molecule has 0 aromatic carbocycles. The number of carbonyl (C=O) groups excluding carboxylic acids is 1. The Hall–Kier alpha value is -1.75. The molecule has 0 saturated heterocycles. The number of carboxylic acid groups (broad SMARTS) is 1. The molecule has 9 nitrogen and oxygen atoms in total. The molecule has 0 aromatic rings. The second-order valence-corrected chi connectivity index (χ2v) is 5.15. The number of aliphatic carboxylic acids is 1. The van der Waals surface area contributed by atoms with E-state index in [2.05, 4.69) is 13.2 Å². The Morgan fingerprint density at radius 3 is 1.59 bits per heavy atom. The summed E-state index contributed by atoms with van der Waals surface area (Å²) >= 11 is 0. The largest absolute Gasteiger partial charge is 0.478 e. The van der Waals surface area contributed by atoms with Gasteiger partial charge in [0.15, 0.2) is 0 Å². The van der Waals surface area contributed by atoms with Gasteiger partial charge in [0, 0.05) is 17.7 Å². The molecule has 0 radical (unpaired) electrons. The first kappa shape index (κ1) is 25.2. The van der Waals surface area contributed by atoms with Crippen LogP contribution in [0.2, 0.25) is 0 Å². The zero-order valence-corrected chi connectivity index (χ0v) is 13.9. The molecular formula is C12H23NO8S. The number of carboxylic acids is 1. The Kier molecular flexibility index (Phi) is 14.8. The standard InChI is InChI=1S/C8H15NO2.C4H6O2.H2O4S/c1-7(2)8(10)11-6-5-9(3)4;1-3(2)4(5)6;1-5(2,3)4/h1,5-6H2,2-4H3;1H2,2H3,(H,5,6);(H2,1,2,3,4). The van der Waals surface area contributed by atoms with Crippen molar-refractivity contribution in [2.75, 3.05) is 27.2 Å². The van der Waals surface area contributed by atoms with Crippen molar-refractivity contribution in [3.05, 3.63) is 24.3 Å². The smallest absolute Gasteiger partial charge is 0.394 e. The number of esters is 1. The third-order valence-electron chi connectivity index (χ3n) is 1.49. The van der Waals surface area contributed by atoms with Crippen molar-refractivity contribution in [2.24, 2.45) is 0 Å². The number of carbonyl (C=O) groups is 2. The zero-order valence-electron chi connectivity index (χ0n) is 13.1. The van der Waals surface area contributed by atoms with Gasteiger partial charge >= 0.3 is 22.3 Å². The molecule has 0 rings (SSSR count). The molecule has 0 spiro atoms. The average molecular weight is 341 g/mol. The third-order valence-corrected chi connectivity index (χ3v) is 1.49. The Labute approximate surface area is 130 Å². The molecule has 0 aliphatic carbocycles. The summed E-state index contributed by atoms with van der Waals surface area (Å²) in [7, 11) is -0.816. The van der Waals surface area contributed by atoms with Crippen LogP contribution in [-0.2, 0) is 24.7 Å². The van der Waals surface area contributed by atoms with E-state index >= 15 is 0 Å². The van der Waals surface area contributed by atoms with Crippen molar-refractivity contribution >= 4 is 22.3 Å². The highest BCUT2D eigenvalue weighted by atomic mass is 32.3. The fraction of sp³-hybridized carbons (Fsp3) is 0.500. The zero-order chi connectivity index (χ0) is 18.5. The highest BCUT2D eigenvalue weighted by molar-refractivity contribution is 7.79. The van der Waals surface area contributed by atoms with Crippen LogP contribution in [0, 0.1) is 0 Å². The van der Waals surface area contributed by atoms with E-state index in [0.717, 1.165) is 6.54 Å². The van der Waals surface area contributed by atoms with Gasteiger partial charge in [-0.15, -0.1) is 0 Å². The minimum Gasteiger partial charge on any atom is -0.478 e. The SMILES string of the molecule is C=C(C)C(=O)O.C=C(C)C(=O)OCCN(C)C.O=S(=O)(O)O. The van der Waals surface area contributed by atoms with Gasteiger partial charge in [-0.3, -0.25) is 9.11 Å². The lowest BCUT2D eigenvalue weighted by molar-refractivity contribution is -0.139. The minimum absolute atomic E-state index is 0.176. The summed E-state index contributed by atoms with van der Waals surface area (Å²) in [5, 5.41) is 7.89. The average Bonchev–Trinajstić information content (AvgIpc) is 2.26. The Balaban J connectivity index is -0.000000277. The maximum atomic E-state index is 10.8. The van der Waals surface area contributed by atoms with Gasteiger partial charge in [0.2, 0.25) is 0 Å². The van der Waals surface area contributed by atoms with Gasteiger partial charge in [0.25, 0.3) is 0 Å². The number of ether oxygens (including phenoxy) is 1. The minimum atomic E-state index is -4.67. The van der Waals surface area contributed by atoms with Gasteiger partial charge in [0.1, 0.15) is 6.61 Å². The fourth-order valence-electron chi connectivity index (χ4n) is 0.444. The molecule has 0 saturated carbocycles.